The highest BCUT2D eigenvalue weighted by Gasteiger charge is 1.99. The standard InChI is InChI=1S/C15H18ClN3S/c1-17-15(19-10-13-6-8-20-11-13)18-7-5-12-3-2-4-14(16)9-12/h2-4,6,8-9,11H,5,7,10H2,1H3,(H2,17,18,19). The van der Waals surface area contributed by atoms with Gasteiger partial charge in [-0.1, -0.05) is 23.7 Å². The van der Waals surface area contributed by atoms with Crippen LogP contribution in [0.25, 0.3) is 0 Å². The summed E-state index contributed by atoms with van der Waals surface area (Å²) in [5.74, 6) is 0.818. The molecule has 1 heterocycles. The average molecular weight is 308 g/mol. The fourth-order valence-electron chi connectivity index (χ4n) is 1.82. The van der Waals surface area contributed by atoms with Crippen LogP contribution in [0, 0.1) is 0 Å². The number of aliphatic imine (C=N–C) groups is 1. The largest absolute Gasteiger partial charge is 0.356 e. The Morgan fingerprint density at radius 3 is 2.85 bits per heavy atom. The van der Waals surface area contributed by atoms with Gasteiger partial charge < -0.3 is 10.6 Å². The van der Waals surface area contributed by atoms with Crippen LogP contribution >= 0.6 is 22.9 Å². The number of hydrogen-bond donors (Lipinski definition) is 2. The molecule has 20 heavy (non-hydrogen) atoms. The van der Waals surface area contributed by atoms with E-state index in [2.05, 4.69) is 38.5 Å². The van der Waals surface area contributed by atoms with Gasteiger partial charge >= 0.3 is 0 Å². The van der Waals surface area contributed by atoms with E-state index in [9.17, 15) is 0 Å². The minimum Gasteiger partial charge on any atom is -0.356 e. The summed E-state index contributed by atoms with van der Waals surface area (Å²) >= 11 is 7.67. The lowest BCUT2D eigenvalue weighted by Crippen LogP contribution is -2.37. The highest BCUT2D eigenvalue weighted by molar-refractivity contribution is 7.07. The molecule has 0 aliphatic rings. The molecule has 0 unspecified atom stereocenters. The van der Waals surface area contributed by atoms with Gasteiger partial charge in [0.25, 0.3) is 0 Å². The second kappa shape index (κ2) is 7.92. The van der Waals surface area contributed by atoms with Crippen LogP contribution in [-0.2, 0) is 13.0 Å². The molecule has 0 radical (unpaired) electrons. The highest BCUT2D eigenvalue weighted by Crippen LogP contribution is 2.10. The van der Waals surface area contributed by atoms with Crippen LogP contribution in [0.5, 0.6) is 0 Å². The molecule has 0 aliphatic carbocycles. The topological polar surface area (TPSA) is 36.4 Å². The van der Waals surface area contributed by atoms with Crippen molar-refractivity contribution in [3.05, 3.63) is 57.2 Å². The number of benzene rings is 1. The predicted octanol–water partition coefficient (Wildman–Crippen LogP) is 3.31. The molecular weight excluding hydrogens is 290 g/mol. The van der Waals surface area contributed by atoms with Gasteiger partial charge in [0.2, 0.25) is 0 Å². The Morgan fingerprint density at radius 2 is 2.15 bits per heavy atom. The molecule has 2 aromatic rings. The Labute approximate surface area is 128 Å². The van der Waals surface area contributed by atoms with Gasteiger partial charge in [-0.2, -0.15) is 11.3 Å². The lowest BCUT2D eigenvalue weighted by atomic mass is 10.1. The van der Waals surface area contributed by atoms with Gasteiger partial charge in [-0.3, -0.25) is 4.99 Å². The molecule has 0 amide bonds. The number of hydrogen-bond acceptors (Lipinski definition) is 2. The molecule has 5 heteroatoms. The Kier molecular flexibility index (Phi) is 5.89. The summed E-state index contributed by atoms with van der Waals surface area (Å²) in [6.07, 6.45) is 0.916. The molecule has 0 fully saturated rings. The number of guanidine groups is 1. The number of rotatable bonds is 5. The summed E-state index contributed by atoms with van der Waals surface area (Å²) in [6, 6.07) is 10.0. The maximum Gasteiger partial charge on any atom is 0.191 e. The molecule has 3 nitrogen and oxygen atoms in total. The molecule has 1 aromatic carbocycles. The minimum absolute atomic E-state index is 0.780. The Hall–Kier alpha value is -1.52. The molecule has 0 saturated heterocycles. The van der Waals surface area contributed by atoms with E-state index in [1.54, 1.807) is 18.4 Å². The van der Waals surface area contributed by atoms with Crippen LogP contribution in [0.1, 0.15) is 11.1 Å². The van der Waals surface area contributed by atoms with Gasteiger partial charge in [-0.25, -0.2) is 0 Å². The highest BCUT2D eigenvalue weighted by atomic mass is 35.5. The van der Waals surface area contributed by atoms with Crippen LogP contribution < -0.4 is 10.6 Å². The summed E-state index contributed by atoms with van der Waals surface area (Å²) < 4.78 is 0. The first kappa shape index (κ1) is 14.9. The van der Waals surface area contributed by atoms with Crippen molar-refractivity contribution in [1.29, 1.82) is 0 Å². The fourth-order valence-corrected chi connectivity index (χ4v) is 2.70. The maximum atomic E-state index is 5.96. The van der Waals surface area contributed by atoms with Crippen molar-refractivity contribution in [1.82, 2.24) is 10.6 Å². The quantitative estimate of drug-likeness (QED) is 0.657. The van der Waals surface area contributed by atoms with Crippen molar-refractivity contribution in [2.24, 2.45) is 4.99 Å². The van der Waals surface area contributed by atoms with E-state index in [1.165, 1.54) is 11.1 Å². The van der Waals surface area contributed by atoms with Gasteiger partial charge in [0.1, 0.15) is 0 Å². The molecule has 1 aromatic heterocycles. The first-order valence-electron chi connectivity index (χ1n) is 6.48. The van der Waals surface area contributed by atoms with Crippen LogP contribution in [0.15, 0.2) is 46.1 Å². The fraction of sp³-hybridized carbons (Fsp3) is 0.267. The Bertz CT molecular complexity index is 552. The second-order valence-corrected chi connectivity index (χ2v) is 5.58. The molecule has 0 bridgehead atoms. The van der Waals surface area contributed by atoms with Crippen LogP contribution in [-0.4, -0.2) is 19.6 Å². The molecule has 0 aliphatic heterocycles. The number of nitrogens with one attached hydrogen (secondary N) is 2. The number of thiophene rings is 1. The van der Waals surface area contributed by atoms with E-state index in [1.807, 2.05) is 18.2 Å². The number of nitrogens with zero attached hydrogens (tertiary/aromatic N) is 1. The lowest BCUT2D eigenvalue weighted by molar-refractivity contribution is 0.796. The second-order valence-electron chi connectivity index (χ2n) is 4.36. The van der Waals surface area contributed by atoms with Crippen molar-refractivity contribution in [3.63, 3.8) is 0 Å². The molecule has 0 spiro atoms. The molecule has 0 saturated carbocycles. The van der Waals surface area contributed by atoms with Crippen molar-refractivity contribution < 1.29 is 0 Å². The third-order valence-corrected chi connectivity index (χ3v) is 3.83. The van der Waals surface area contributed by atoms with Gasteiger partial charge in [-0.05, 0) is 46.5 Å². The van der Waals surface area contributed by atoms with Crippen molar-refractivity contribution in [2.45, 2.75) is 13.0 Å². The summed E-state index contributed by atoms with van der Waals surface area (Å²) in [5, 5.41) is 11.6. The maximum absolute atomic E-state index is 5.96. The van der Waals surface area contributed by atoms with Crippen molar-refractivity contribution >= 4 is 28.9 Å². The van der Waals surface area contributed by atoms with Crippen LogP contribution in [0.3, 0.4) is 0 Å². The van der Waals surface area contributed by atoms with E-state index < -0.39 is 0 Å². The SMILES string of the molecule is CN=C(NCCc1cccc(Cl)c1)NCc1ccsc1. The molecule has 106 valence electrons. The summed E-state index contributed by atoms with van der Waals surface area (Å²) in [5.41, 5.74) is 2.49. The van der Waals surface area contributed by atoms with Gasteiger partial charge in [0.15, 0.2) is 5.96 Å². The average Bonchev–Trinajstić information content (AvgIpc) is 2.96. The Balaban J connectivity index is 1.74. The van der Waals surface area contributed by atoms with E-state index >= 15 is 0 Å². The molecule has 2 rings (SSSR count). The monoisotopic (exact) mass is 307 g/mol. The van der Waals surface area contributed by atoms with Crippen LogP contribution in [0.4, 0.5) is 0 Å². The van der Waals surface area contributed by atoms with E-state index in [4.69, 9.17) is 11.6 Å². The first-order valence-corrected chi connectivity index (χ1v) is 7.80. The van der Waals surface area contributed by atoms with Gasteiger partial charge in [0, 0.05) is 25.2 Å². The predicted molar refractivity (Wildman–Crippen MR) is 87.7 cm³/mol. The summed E-state index contributed by atoms with van der Waals surface area (Å²) in [7, 11) is 1.78. The first-order chi connectivity index (χ1) is 9.78. The van der Waals surface area contributed by atoms with Gasteiger partial charge in [-0.15, -0.1) is 0 Å². The Morgan fingerprint density at radius 1 is 1.25 bits per heavy atom. The number of halogens is 1. The van der Waals surface area contributed by atoms with Gasteiger partial charge in [0.05, 0.1) is 0 Å². The summed E-state index contributed by atoms with van der Waals surface area (Å²) in [6.45, 7) is 1.62. The van der Waals surface area contributed by atoms with E-state index in [0.717, 1.165) is 30.5 Å². The van der Waals surface area contributed by atoms with E-state index in [0.29, 0.717) is 0 Å². The molecule has 2 N–H and O–H groups in total. The third kappa shape index (κ3) is 4.87. The lowest BCUT2D eigenvalue weighted by Gasteiger charge is -2.11. The smallest absolute Gasteiger partial charge is 0.191 e. The molecular formula is C15H18ClN3S. The molecule has 0 atom stereocenters. The van der Waals surface area contributed by atoms with Crippen molar-refractivity contribution in [2.75, 3.05) is 13.6 Å². The van der Waals surface area contributed by atoms with Crippen molar-refractivity contribution in [3.8, 4) is 0 Å². The van der Waals surface area contributed by atoms with E-state index in [-0.39, 0.29) is 0 Å². The zero-order valence-electron chi connectivity index (χ0n) is 11.4. The third-order valence-electron chi connectivity index (χ3n) is 2.86. The minimum atomic E-state index is 0.780. The normalized spacial score (nSPS) is 11.4. The summed E-state index contributed by atoms with van der Waals surface area (Å²) in [4.78, 5) is 4.21. The zero-order valence-corrected chi connectivity index (χ0v) is 13.0. The van der Waals surface area contributed by atoms with Crippen LogP contribution in [0.2, 0.25) is 5.02 Å². The zero-order chi connectivity index (χ0) is 14.2.